The van der Waals surface area contributed by atoms with Crippen LogP contribution >= 0.6 is 0 Å². The molecule has 3 rings (SSSR count). The van der Waals surface area contributed by atoms with Crippen LogP contribution in [0.25, 0.3) is 0 Å². The Hall–Kier alpha value is -1.73. The Bertz CT molecular complexity index is 1780. The van der Waals surface area contributed by atoms with Crippen molar-refractivity contribution in [3.63, 3.8) is 0 Å². The van der Waals surface area contributed by atoms with Gasteiger partial charge in [-0.15, -0.1) is 0 Å². The SMILES string of the molecule is CCCCCCCC/C=C/CC/C=C/C(O)C(COC1OC(CO)C(OC2OC(CO)C(OC3OC(CO)C(O)C(O)C3O)C(O)C2O)C(O)C1O)NC(=O)CCCCCCCCCCCCCCCCCCCCCCCCCCCCCCCCCCCCCC. The number of aliphatic hydroxyl groups is 11. The number of unbranched alkanes of at least 4 members (excludes halogenated alkanes) is 42. The summed E-state index contributed by atoms with van der Waals surface area (Å²) in [6, 6.07) is -0.986. The Morgan fingerprint density at radius 3 is 1.08 bits per heavy atom. The molecule has 0 saturated carbocycles. The third-order valence-electron chi connectivity index (χ3n) is 19.3. The Kier molecular flexibility index (Phi) is 51.5. The topological polar surface area (TPSA) is 307 Å². The molecular weight excluding hydrogens is 1190 g/mol. The van der Waals surface area contributed by atoms with Gasteiger partial charge in [0.25, 0.3) is 0 Å². The van der Waals surface area contributed by atoms with Gasteiger partial charge in [0.1, 0.15) is 73.2 Å². The fourth-order valence-electron chi connectivity index (χ4n) is 13.1. The first-order chi connectivity index (χ1) is 45.3. The molecule has 19 heteroatoms. The zero-order chi connectivity index (χ0) is 67.5. The summed E-state index contributed by atoms with van der Waals surface area (Å²) in [6.07, 6.45) is 39.3. The van der Waals surface area contributed by atoms with Gasteiger partial charge in [-0.05, 0) is 32.1 Å². The number of carbonyl (C=O) groups is 1. The van der Waals surface area contributed by atoms with Crippen LogP contribution in [-0.2, 0) is 33.2 Å². The van der Waals surface area contributed by atoms with Crippen LogP contribution in [0.15, 0.2) is 24.3 Å². The zero-order valence-corrected chi connectivity index (χ0v) is 58.3. The maximum absolute atomic E-state index is 13.4. The molecule has 0 aromatic carbocycles. The lowest BCUT2D eigenvalue weighted by atomic mass is 9.96. The Labute approximate surface area is 562 Å². The van der Waals surface area contributed by atoms with Gasteiger partial charge >= 0.3 is 0 Å². The second-order valence-electron chi connectivity index (χ2n) is 27.5. The van der Waals surface area contributed by atoms with E-state index in [2.05, 4.69) is 31.3 Å². The average molecular weight is 1330 g/mol. The van der Waals surface area contributed by atoms with E-state index in [1.54, 1.807) is 6.08 Å². The Balaban J connectivity index is 1.30. The molecule has 0 spiro atoms. The monoisotopic (exact) mass is 1330 g/mol. The van der Waals surface area contributed by atoms with Gasteiger partial charge in [-0.3, -0.25) is 4.79 Å². The number of nitrogens with one attached hydrogen (secondary N) is 1. The van der Waals surface area contributed by atoms with Crippen LogP contribution < -0.4 is 5.32 Å². The average Bonchev–Trinajstić information content (AvgIpc) is 0.856. The van der Waals surface area contributed by atoms with Crippen molar-refractivity contribution in [2.45, 2.75) is 413 Å². The number of hydrogen-bond donors (Lipinski definition) is 12. The summed E-state index contributed by atoms with van der Waals surface area (Å²) in [5, 5.41) is 120. The molecule has 0 radical (unpaired) electrons. The third kappa shape index (κ3) is 37.3. The number of rotatable bonds is 60. The molecule has 3 fully saturated rings. The van der Waals surface area contributed by atoms with Gasteiger partial charge in [-0.25, -0.2) is 0 Å². The lowest BCUT2D eigenvalue weighted by Crippen LogP contribution is -2.66. The first-order valence-corrected chi connectivity index (χ1v) is 38.1. The highest BCUT2D eigenvalue weighted by molar-refractivity contribution is 5.76. The van der Waals surface area contributed by atoms with Crippen molar-refractivity contribution in [2.75, 3.05) is 26.4 Å². The number of allylic oxidation sites excluding steroid dienone is 3. The van der Waals surface area contributed by atoms with Crippen LogP contribution in [0.2, 0.25) is 0 Å². The summed E-state index contributed by atoms with van der Waals surface area (Å²) in [7, 11) is 0. The van der Waals surface area contributed by atoms with Crippen molar-refractivity contribution >= 4 is 5.91 Å². The highest BCUT2D eigenvalue weighted by atomic mass is 16.8. The van der Waals surface area contributed by atoms with Crippen molar-refractivity contribution in [3.05, 3.63) is 24.3 Å². The second kappa shape index (κ2) is 56.1. The Morgan fingerprint density at radius 1 is 0.376 bits per heavy atom. The fourth-order valence-corrected chi connectivity index (χ4v) is 13.1. The van der Waals surface area contributed by atoms with Gasteiger partial charge in [-0.1, -0.05) is 295 Å². The molecule has 93 heavy (non-hydrogen) atoms. The van der Waals surface area contributed by atoms with Gasteiger partial charge in [0.15, 0.2) is 18.9 Å². The molecule has 548 valence electrons. The largest absolute Gasteiger partial charge is 0.394 e. The van der Waals surface area contributed by atoms with E-state index in [4.69, 9.17) is 28.4 Å². The van der Waals surface area contributed by atoms with Crippen LogP contribution in [0.5, 0.6) is 0 Å². The summed E-state index contributed by atoms with van der Waals surface area (Å²) in [5.41, 5.74) is 0. The van der Waals surface area contributed by atoms with E-state index < -0.39 is 124 Å². The summed E-state index contributed by atoms with van der Waals surface area (Å²) < 4.78 is 34.3. The van der Waals surface area contributed by atoms with Crippen molar-refractivity contribution in [1.82, 2.24) is 5.32 Å². The van der Waals surface area contributed by atoms with Gasteiger partial charge in [0.05, 0.1) is 38.6 Å². The maximum atomic E-state index is 13.4. The second-order valence-corrected chi connectivity index (χ2v) is 27.5. The van der Waals surface area contributed by atoms with Crippen LogP contribution in [-0.4, -0.2) is 193 Å². The van der Waals surface area contributed by atoms with E-state index in [1.165, 1.54) is 238 Å². The predicted molar refractivity (Wildman–Crippen MR) is 365 cm³/mol. The third-order valence-corrected chi connectivity index (χ3v) is 19.3. The molecule has 17 unspecified atom stereocenters. The van der Waals surface area contributed by atoms with E-state index in [9.17, 15) is 61.0 Å². The molecule has 0 aliphatic carbocycles. The lowest BCUT2D eigenvalue weighted by Gasteiger charge is -2.48. The van der Waals surface area contributed by atoms with E-state index in [0.29, 0.717) is 12.8 Å². The molecule has 12 N–H and O–H groups in total. The molecule has 1 amide bonds. The number of aliphatic hydroxyl groups excluding tert-OH is 11. The molecule has 0 aromatic rings. The Morgan fingerprint density at radius 2 is 0.688 bits per heavy atom. The molecule has 19 nitrogen and oxygen atoms in total. The molecule has 3 aliphatic heterocycles. The molecule has 0 aromatic heterocycles. The summed E-state index contributed by atoms with van der Waals surface area (Å²) in [4.78, 5) is 13.4. The molecular formula is C74H139NO18. The quantitative estimate of drug-likeness (QED) is 0.0199. The molecule has 3 heterocycles. The van der Waals surface area contributed by atoms with Crippen molar-refractivity contribution < 1.29 is 89.4 Å². The van der Waals surface area contributed by atoms with E-state index in [1.807, 2.05) is 6.08 Å². The van der Waals surface area contributed by atoms with E-state index in [-0.39, 0.29) is 18.9 Å². The molecule has 3 saturated heterocycles. The molecule has 3 aliphatic rings. The summed E-state index contributed by atoms with van der Waals surface area (Å²) in [5.74, 6) is -0.281. The summed E-state index contributed by atoms with van der Waals surface area (Å²) in [6.45, 7) is 1.72. The fraction of sp³-hybridized carbons (Fsp3) is 0.932. The van der Waals surface area contributed by atoms with Gasteiger partial charge < -0.3 is 89.9 Å². The van der Waals surface area contributed by atoms with Gasteiger partial charge in [-0.2, -0.15) is 0 Å². The number of carbonyl (C=O) groups excluding carboxylic acids is 1. The first kappa shape index (κ1) is 85.5. The van der Waals surface area contributed by atoms with E-state index in [0.717, 1.165) is 38.5 Å². The minimum absolute atomic E-state index is 0.240. The van der Waals surface area contributed by atoms with Crippen LogP contribution in [0, 0.1) is 0 Å². The van der Waals surface area contributed by atoms with Crippen molar-refractivity contribution in [2.24, 2.45) is 0 Å². The van der Waals surface area contributed by atoms with Crippen LogP contribution in [0.1, 0.15) is 309 Å². The predicted octanol–water partition coefficient (Wildman–Crippen LogP) is 11.4. The summed E-state index contributed by atoms with van der Waals surface area (Å²) >= 11 is 0. The van der Waals surface area contributed by atoms with Crippen molar-refractivity contribution in [3.8, 4) is 0 Å². The smallest absolute Gasteiger partial charge is 0.220 e. The minimum atomic E-state index is -1.98. The van der Waals surface area contributed by atoms with E-state index >= 15 is 0 Å². The highest BCUT2D eigenvalue weighted by Crippen LogP contribution is 2.33. The number of amides is 1. The molecule has 17 atom stereocenters. The number of ether oxygens (including phenoxy) is 6. The first-order valence-electron chi connectivity index (χ1n) is 38.1. The standard InChI is InChI=1S/C74H139NO18/c1-3-5-7-9-11-13-15-17-18-19-20-21-22-23-24-25-26-27-28-29-30-31-32-33-34-35-36-37-38-39-40-42-44-46-48-50-52-62(80)75-57(58(79)51-49-47-45-43-41-16-14-12-10-8-6-4-2)56-88-72-68(86)65(83)70(60(54-77)90-72)93-74-69(87)66(84)71(61(55-78)91-74)92-73-67(85)64(82)63(81)59(53-76)89-73/h41,43,49,51,57-61,63-74,76-79,81-87H,3-40,42,44-48,50,52-56H2,1-2H3,(H,75,80)/b43-41+,51-49+. The lowest BCUT2D eigenvalue weighted by molar-refractivity contribution is -0.379. The van der Waals surface area contributed by atoms with Crippen LogP contribution in [0.4, 0.5) is 0 Å². The van der Waals surface area contributed by atoms with Crippen molar-refractivity contribution in [1.29, 1.82) is 0 Å². The normalized spacial score (nSPS) is 27.6. The minimum Gasteiger partial charge on any atom is -0.394 e. The van der Waals surface area contributed by atoms with Gasteiger partial charge in [0.2, 0.25) is 5.91 Å². The zero-order valence-electron chi connectivity index (χ0n) is 58.3. The van der Waals surface area contributed by atoms with Gasteiger partial charge in [0, 0.05) is 6.42 Å². The maximum Gasteiger partial charge on any atom is 0.220 e. The highest BCUT2D eigenvalue weighted by Gasteiger charge is 2.53. The molecule has 0 bridgehead atoms. The number of hydrogen-bond acceptors (Lipinski definition) is 18. The van der Waals surface area contributed by atoms with Crippen LogP contribution in [0.3, 0.4) is 0 Å².